The molecule has 0 saturated carbocycles. The summed E-state index contributed by atoms with van der Waals surface area (Å²) >= 11 is 0. The lowest BCUT2D eigenvalue weighted by atomic mass is 10.1. The van der Waals surface area contributed by atoms with Gasteiger partial charge in [-0.15, -0.1) is 0 Å². The molecule has 0 spiro atoms. The number of nitrogens with zero attached hydrogens (tertiary/aromatic N) is 2. The Bertz CT molecular complexity index is 1190. The van der Waals surface area contributed by atoms with Gasteiger partial charge >= 0.3 is 0 Å². The first-order chi connectivity index (χ1) is 16.0. The summed E-state index contributed by atoms with van der Waals surface area (Å²) in [6, 6.07) is 14.1. The van der Waals surface area contributed by atoms with E-state index in [9.17, 15) is 4.79 Å². The van der Waals surface area contributed by atoms with Gasteiger partial charge in [0.15, 0.2) is 11.5 Å². The predicted octanol–water partition coefficient (Wildman–Crippen LogP) is 4.41. The first kappa shape index (κ1) is 23.2. The molecule has 1 aromatic heterocycles. The molecular formula is C25H23N3O5. The maximum Gasteiger partial charge on any atom is 0.257 e. The maximum atomic E-state index is 12.6. The number of aromatic nitrogens is 1. The first-order valence-electron chi connectivity index (χ1n) is 9.86. The highest BCUT2D eigenvalue weighted by atomic mass is 16.5. The number of methoxy groups -OCH3 is 4. The number of amides is 1. The molecule has 1 N–H and O–H groups in total. The van der Waals surface area contributed by atoms with Crippen LogP contribution >= 0.6 is 0 Å². The largest absolute Gasteiger partial charge is 0.495 e. The fourth-order valence-corrected chi connectivity index (χ4v) is 3.11. The number of hydrogen-bond acceptors (Lipinski definition) is 7. The van der Waals surface area contributed by atoms with Crippen LogP contribution < -0.4 is 24.3 Å². The number of benzene rings is 2. The second-order valence-electron chi connectivity index (χ2n) is 6.75. The van der Waals surface area contributed by atoms with Gasteiger partial charge in [-0.05, 0) is 47.5 Å². The third-order valence-corrected chi connectivity index (χ3v) is 4.77. The van der Waals surface area contributed by atoms with Gasteiger partial charge in [0.25, 0.3) is 5.91 Å². The van der Waals surface area contributed by atoms with Crippen LogP contribution in [0.1, 0.15) is 27.2 Å². The SMILES string of the molecule is COc1ccc(/C=C\c2cc(OC)c(OC)c(OC)c2)cc1NC(=O)c1ccc(C#N)nc1. The first-order valence-corrected chi connectivity index (χ1v) is 9.86. The van der Waals surface area contributed by atoms with Gasteiger partial charge in [0.2, 0.25) is 5.75 Å². The molecule has 0 fully saturated rings. The van der Waals surface area contributed by atoms with Crippen molar-refractivity contribution in [2.24, 2.45) is 0 Å². The van der Waals surface area contributed by atoms with Gasteiger partial charge < -0.3 is 24.3 Å². The molecule has 0 aliphatic rings. The van der Waals surface area contributed by atoms with Gasteiger partial charge in [-0.1, -0.05) is 18.2 Å². The molecule has 0 unspecified atom stereocenters. The maximum absolute atomic E-state index is 12.6. The van der Waals surface area contributed by atoms with E-state index in [4.69, 9.17) is 24.2 Å². The fourth-order valence-electron chi connectivity index (χ4n) is 3.11. The van der Waals surface area contributed by atoms with Crippen LogP contribution in [0.4, 0.5) is 5.69 Å². The molecule has 0 bridgehead atoms. The summed E-state index contributed by atoms with van der Waals surface area (Å²) in [6.07, 6.45) is 5.13. The Morgan fingerprint density at radius 3 is 2.09 bits per heavy atom. The van der Waals surface area contributed by atoms with Crippen LogP contribution in [0.5, 0.6) is 23.0 Å². The quantitative estimate of drug-likeness (QED) is 0.512. The van der Waals surface area contributed by atoms with Crippen molar-refractivity contribution < 1.29 is 23.7 Å². The number of anilines is 1. The minimum atomic E-state index is -0.365. The van der Waals surface area contributed by atoms with Gasteiger partial charge in [-0.2, -0.15) is 5.26 Å². The summed E-state index contributed by atoms with van der Waals surface area (Å²) in [6.45, 7) is 0. The molecule has 1 heterocycles. The number of hydrogen-bond donors (Lipinski definition) is 1. The van der Waals surface area contributed by atoms with Gasteiger partial charge in [0.05, 0.1) is 39.7 Å². The monoisotopic (exact) mass is 445 g/mol. The molecule has 0 atom stereocenters. The van der Waals surface area contributed by atoms with Crippen LogP contribution in [0.25, 0.3) is 12.2 Å². The topological polar surface area (TPSA) is 103 Å². The van der Waals surface area contributed by atoms with Crippen molar-refractivity contribution in [1.29, 1.82) is 5.26 Å². The molecule has 168 valence electrons. The third-order valence-electron chi connectivity index (χ3n) is 4.77. The second-order valence-corrected chi connectivity index (χ2v) is 6.75. The van der Waals surface area contributed by atoms with Crippen molar-refractivity contribution in [2.75, 3.05) is 33.8 Å². The van der Waals surface area contributed by atoms with E-state index in [1.165, 1.54) is 19.4 Å². The van der Waals surface area contributed by atoms with E-state index < -0.39 is 0 Å². The van der Waals surface area contributed by atoms with E-state index in [2.05, 4.69) is 10.3 Å². The molecule has 8 heteroatoms. The summed E-state index contributed by atoms with van der Waals surface area (Å²) in [4.78, 5) is 16.6. The number of carbonyl (C=O) groups is 1. The fraction of sp³-hybridized carbons (Fsp3) is 0.160. The molecule has 3 rings (SSSR count). The molecule has 3 aromatic rings. The van der Waals surface area contributed by atoms with Gasteiger partial charge in [-0.3, -0.25) is 4.79 Å². The summed E-state index contributed by atoms with van der Waals surface area (Å²) in [5, 5.41) is 11.7. The van der Waals surface area contributed by atoms with Crippen molar-refractivity contribution >= 4 is 23.7 Å². The highest BCUT2D eigenvalue weighted by molar-refractivity contribution is 6.05. The summed E-state index contributed by atoms with van der Waals surface area (Å²) in [5.41, 5.74) is 2.74. The number of pyridine rings is 1. The zero-order valence-corrected chi connectivity index (χ0v) is 18.7. The Morgan fingerprint density at radius 2 is 1.55 bits per heavy atom. The lowest BCUT2D eigenvalue weighted by molar-refractivity contribution is 0.102. The van der Waals surface area contributed by atoms with Crippen molar-refractivity contribution in [1.82, 2.24) is 4.98 Å². The summed E-state index contributed by atoms with van der Waals surface area (Å²) in [7, 11) is 6.20. The van der Waals surface area contributed by atoms with Crippen LogP contribution in [0.2, 0.25) is 0 Å². The van der Waals surface area contributed by atoms with E-state index >= 15 is 0 Å². The smallest absolute Gasteiger partial charge is 0.257 e. The van der Waals surface area contributed by atoms with Crippen molar-refractivity contribution in [3.05, 3.63) is 71.0 Å². The average Bonchev–Trinajstić information content (AvgIpc) is 2.86. The third kappa shape index (κ3) is 5.40. The molecule has 8 nitrogen and oxygen atoms in total. The van der Waals surface area contributed by atoms with Crippen molar-refractivity contribution in [3.8, 4) is 29.1 Å². The lowest BCUT2D eigenvalue weighted by Gasteiger charge is -2.13. The van der Waals surface area contributed by atoms with Gasteiger partial charge in [-0.25, -0.2) is 4.98 Å². The predicted molar refractivity (Wildman–Crippen MR) is 125 cm³/mol. The number of rotatable bonds is 8. The normalized spacial score (nSPS) is 10.4. The second kappa shape index (κ2) is 10.7. The highest BCUT2D eigenvalue weighted by Gasteiger charge is 2.13. The number of carbonyl (C=O) groups excluding carboxylic acids is 1. The highest BCUT2D eigenvalue weighted by Crippen LogP contribution is 2.38. The number of nitriles is 1. The van der Waals surface area contributed by atoms with E-state index in [1.807, 2.05) is 36.4 Å². The van der Waals surface area contributed by atoms with Crippen LogP contribution in [-0.2, 0) is 0 Å². The Balaban J connectivity index is 1.87. The van der Waals surface area contributed by atoms with E-state index in [0.717, 1.165) is 11.1 Å². The van der Waals surface area contributed by atoms with Crippen molar-refractivity contribution in [3.63, 3.8) is 0 Å². The zero-order valence-electron chi connectivity index (χ0n) is 18.7. The van der Waals surface area contributed by atoms with Crippen LogP contribution in [-0.4, -0.2) is 39.3 Å². The molecule has 0 aliphatic carbocycles. The molecule has 0 saturated heterocycles. The number of nitrogens with one attached hydrogen (secondary N) is 1. The standard InChI is InChI=1S/C25H23N3O5/c1-30-21-10-7-16(5-6-17-12-22(31-2)24(33-4)23(13-17)32-3)11-20(21)28-25(29)18-8-9-19(14-26)27-15-18/h5-13,15H,1-4H3,(H,28,29)/b6-5-. The summed E-state index contributed by atoms with van der Waals surface area (Å²) < 4.78 is 21.5. The minimum Gasteiger partial charge on any atom is -0.495 e. The number of ether oxygens (including phenoxy) is 4. The van der Waals surface area contributed by atoms with Gasteiger partial charge in [0, 0.05) is 6.20 Å². The average molecular weight is 445 g/mol. The van der Waals surface area contributed by atoms with E-state index in [-0.39, 0.29) is 11.6 Å². The summed E-state index contributed by atoms with van der Waals surface area (Å²) in [5.74, 6) is 1.76. The molecule has 33 heavy (non-hydrogen) atoms. The van der Waals surface area contributed by atoms with Crippen LogP contribution in [0.15, 0.2) is 48.7 Å². The van der Waals surface area contributed by atoms with E-state index in [0.29, 0.717) is 34.2 Å². The lowest BCUT2D eigenvalue weighted by Crippen LogP contribution is -2.13. The molecule has 0 radical (unpaired) electrons. The Hall–Kier alpha value is -4.51. The van der Waals surface area contributed by atoms with Gasteiger partial charge in [0.1, 0.15) is 17.5 Å². The van der Waals surface area contributed by atoms with Crippen LogP contribution in [0.3, 0.4) is 0 Å². The van der Waals surface area contributed by atoms with Crippen LogP contribution in [0, 0.1) is 11.3 Å². The Labute approximate surface area is 192 Å². The molecule has 2 aromatic carbocycles. The van der Waals surface area contributed by atoms with E-state index in [1.54, 1.807) is 39.5 Å². The molecule has 1 amide bonds. The molecular weight excluding hydrogens is 422 g/mol. The minimum absolute atomic E-state index is 0.239. The van der Waals surface area contributed by atoms with Crippen molar-refractivity contribution in [2.45, 2.75) is 0 Å². The zero-order chi connectivity index (χ0) is 23.8. The Kier molecular flexibility index (Phi) is 7.50. The Morgan fingerprint density at radius 1 is 0.879 bits per heavy atom. The molecule has 0 aliphatic heterocycles.